The number of allylic oxidation sites excluding steroid dienone is 1. The molecule has 0 aliphatic carbocycles. The molecule has 86 valence electrons. The fourth-order valence-electron chi connectivity index (χ4n) is 2.57. The van der Waals surface area contributed by atoms with Crippen molar-refractivity contribution in [2.24, 2.45) is 5.73 Å². The second kappa shape index (κ2) is 4.64. The summed E-state index contributed by atoms with van der Waals surface area (Å²) in [5, 5.41) is 0. The van der Waals surface area contributed by atoms with Gasteiger partial charge in [-0.15, -0.1) is 0 Å². The molecule has 2 aliphatic heterocycles. The Kier molecular flexibility index (Phi) is 3.44. The quantitative estimate of drug-likeness (QED) is 0.695. The first-order valence-electron chi connectivity index (χ1n) is 5.93. The predicted octanol–water partition coefficient (Wildman–Crippen LogP) is 1.14. The lowest BCUT2D eigenvalue weighted by molar-refractivity contribution is -0.0530. The van der Waals surface area contributed by atoms with E-state index in [2.05, 4.69) is 24.8 Å². The van der Waals surface area contributed by atoms with Crippen molar-refractivity contribution in [1.82, 2.24) is 4.90 Å². The highest BCUT2D eigenvalue weighted by molar-refractivity contribution is 5.04. The fraction of sp³-hybridized carbons (Fsp3) is 0.833. The Bertz CT molecular complexity index is 248. The molecule has 2 rings (SSSR count). The molecular formula is C12H22N2O. The van der Waals surface area contributed by atoms with Crippen molar-refractivity contribution in [2.75, 3.05) is 19.7 Å². The molecule has 0 aromatic rings. The van der Waals surface area contributed by atoms with Gasteiger partial charge in [-0.3, -0.25) is 4.90 Å². The van der Waals surface area contributed by atoms with E-state index in [-0.39, 0.29) is 12.1 Å². The monoisotopic (exact) mass is 210 g/mol. The molecule has 0 amide bonds. The van der Waals surface area contributed by atoms with Crippen LogP contribution in [0.25, 0.3) is 0 Å². The molecule has 3 unspecified atom stereocenters. The zero-order chi connectivity index (χ0) is 10.8. The van der Waals surface area contributed by atoms with Gasteiger partial charge in [0.1, 0.15) is 0 Å². The lowest BCUT2D eigenvalue weighted by atomic mass is 10.1. The van der Waals surface area contributed by atoms with E-state index in [0.717, 1.165) is 13.2 Å². The van der Waals surface area contributed by atoms with E-state index >= 15 is 0 Å². The molecule has 2 aliphatic rings. The Morgan fingerprint density at radius 2 is 2.33 bits per heavy atom. The lowest BCUT2D eigenvalue weighted by Crippen LogP contribution is -2.52. The number of morpholine rings is 1. The van der Waals surface area contributed by atoms with Gasteiger partial charge in [0.05, 0.1) is 18.8 Å². The smallest absolute Gasteiger partial charge is 0.0889 e. The summed E-state index contributed by atoms with van der Waals surface area (Å²) in [6, 6.07) is 0.719. The average molecular weight is 210 g/mol. The van der Waals surface area contributed by atoms with Crippen molar-refractivity contribution >= 4 is 0 Å². The predicted molar refractivity (Wildman–Crippen MR) is 61.7 cm³/mol. The van der Waals surface area contributed by atoms with Gasteiger partial charge in [-0.05, 0) is 33.2 Å². The van der Waals surface area contributed by atoms with Crippen LogP contribution in [0.5, 0.6) is 0 Å². The molecular weight excluding hydrogens is 188 g/mol. The summed E-state index contributed by atoms with van der Waals surface area (Å²) >= 11 is 0. The summed E-state index contributed by atoms with van der Waals surface area (Å²) in [6.45, 7) is 7.28. The first-order chi connectivity index (χ1) is 7.16. The summed E-state index contributed by atoms with van der Waals surface area (Å²) in [5.41, 5.74) is 7.38. The highest BCUT2D eigenvalue weighted by Crippen LogP contribution is 2.23. The molecule has 0 radical (unpaired) electrons. The summed E-state index contributed by atoms with van der Waals surface area (Å²) < 4.78 is 5.84. The number of rotatable bonds is 2. The third-order valence-corrected chi connectivity index (χ3v) is 3.37. The topological polar surface area (TPSA) is 38.5 Å². The van der Waals surface area contributed by atoms with E-state index in [1.165, 1.54) is 25.0 Å². The van der Waals surface area contributed by atoms with E-state index in [9.17, 15) is 0 Å². The molecule has 0 aromatic carbocycles. The van der Waals surface area contributed by atoms with Gasteiger partial charge < -0.3 is 10.5 Å². The molecule has 0 saturated carbocycles. The van der Waals surface area contributed by atoms with Crippen LogP contribution in [0.15, 0.2) is 11.6 Å². The maximum absolute atomic E-state index is 6.10. The van der Waals surface area contributed by atoms with Crippen molar-refractivity contribution in [1.29, 1.82) is 0 Å². The molecule has 0 spiro atoms. The summed E-state index contributed by atoms with van der Waals surface area (Å²) in [4.78, 5) is 2.53. The van der Waals surface area contributed by atoms with Crippen molar-refractivity contribution in [3.05, 3.63) is 11.6 Å². The Balaban J connectivity index is 1.92. The maximum Gasteiger partial charge on any atom is 0.0889 e. The van der Waals surface area contributed by atoms with Gasteiger partial charge in [0, 0.05) is 12.6 Å². The number of nitrogens with zero attached hydrogens (tertiary/aromatic N) is 1. The highest BCUT2D eigenvalue weighted by atomic mass is 16.5. The minimum atomic E-state index is 0.0524. The van der Waals surface area contributed by atoms with Crippen LogP contribution in [-0.4, -0.2) is 42.8 Å². The number of ether oxygens (including phenoxy) is 1. The minimum Gasteiger partial charge on any atom is -0.373 e. The van der Waals surface area contributed by atoms with Crippen LogP contribution in [0, 0.1) is 0 Å². The lowest BCUT2D eigenvalue weighted by Gasteiger charge is -2.37. The first kappa shape index (κ1) is 11.1. The standard InChI is InChI=1S/C12H22N2O/c1-9(2)6-11(13)12-7-14-5-3-4-10(14)8-15-12/h6,10-12H,3-5,7-8,13H2,1-2H3. The van der Waals surface area contributed by atoms with Crippen LogP contribution in [0.1, 0.15) is 26.7 Å². The van der Waals surface area contributed by atoms with Gasteiger partial charge in [-0.2, -0.15) is 0 Å². The first-order valence-corrected chi connectivity index (χ1v) is 5.93. The number of hydrogen-bond acceptors (Lipinski definition) is 3. The molecule has 2 N–H and O–H groups in total. The van der Waals surface area contributed by atoms with Crippen LogP contribution in [-0.2, 0) is 4.74 Å². The Morgan fingerprint density at radius 3 is 3.07 bits per heavy atom. The molecule has 2 heterocycles. The van der Waals surface area contributed by atoms with Gasteiger partial charge in [-0.25, -0.2) is 0 Å². The van der Waals surface area contributed by atoms with Crippen molar-refractivity contribution in [3.63, 3.8) is 0 Å². The average Bonchev–Trinajstić information content (AvgIpc) is 2.62. The van der Waals surface area contributed by atoms with E-state index in [1.807, 2.05) is 0 Å². The normalized spacial score (nSPS) is 33.5. The van der Waals surface area contributed by atoms with Crippen molar-refractivity contribution in [3.8, 4) is 0 Å². The summed E-state index contributed by atoms with van der Waals surface area (Å²) in [6.07, 6.45) is 4.92. The third kappa shape index (κ3) is 2.60. The van der Waals surface area contributed by atoms with E-state index in [0.29, 0.717) is 6.04 Å². The van der Waals surface area contributed by atoms with E-state index in [4.69, 9.17) is 10.5 Å². The van der Waals surface area contributed by atoms with E-state index < -0.39 is 0 Å². The van der Waals surface area contributed by atoms with Gasteiger partial charge in [0.15, 0.2) is 0 Å². The number of hydrogen-bond donors (Lipinski definition) is 1. The second-order valence-corrected chi connectivity index (χ2v) is 4.98. The van der Waals surface area contributed by atoms with Gasteiger partial charge in [-0.1, -0.05) is 11.6 Å². The molecule has 15 heavy (non-hydrogen) atoms. The zero-order valence-corrected chi connectivity index (χ0v) is 9.78. The van der Waals surface area contributed by atoms with Crippen LogP contribution >= 0.6 is 0 Å². The number of fused-ring (bicyclic) bond motifs is 1. The molecule has 3 nitrogen and oxygen atoms in total. The van der Waals surface area contributed by atoms with Crippen molar-refractivity contribution in [2.45, 2.75) is 44.9 Å². The second-order valence-electron chi connectivity index (χ2n) is 4.98. The molecule has 3 heteroatoms. The molecule has 0 bridgehead atoms. The van der Waals surface area contributed by atoms with Crippen LogP contribution in [0.4, 0.5) is 0 Å². The fourth-order valence-corrected chi connectivity index (χ4v) is 2.57. The third-order valence-electron chi connectivity index (χ3n) is 3.37. The van der Waals surface area contributed by atoms with Gasteiger partial charge in [0.2, 0.25) is 0 Å². The summed E-state index contributed by atoms with van der Waals surface area (Å²) in [5.74, 6) is 0. The molecule has 2 saturated heterocycles. The zero-order valence-electron chi connectivity index (χ0n) is 9.78. The molecule has 2 fully saturated rings. The van der Waals surface area contributed by atoms with Crippen molar-refractivity contribution < 1.29 is 4.74 Å². The Morgan fingerprint density at radius 1 is 1.53 bits per heavy atom. The van der Waals surface area contributed by atoms with E-state index in [1.54, 1.807) is 0 Å². The Labute approximate surface area is 92.3 Å². The summed E-state index contributed by atoms with van der Waals surface area (Å²) in [7, 11) is 0. The Hall–Kier alpha value is -0.380. The molecule has 3 atom stereocenters. The molecule has 0 aromatic heterocycles. The number of nitrogens with two attached hydrogens (primary N) is 1. The van der Waals surface area contributed by atoms with Gasteiger partial charge in [0.25, 0.3) is 0 Å². The maximum atomic E-state index is 6.10. The minimum absolute atomic E-state index is 0.0524. The van der Waals surface area contributed by atoms with Crippen LogP contribution in [0.2, 0.25) is 0 Å². The largest absolute Gasteiger partial charge is 0.373 e. The SMILES string of the molecule is CC(C)=CC(N)C1CN2CCCC2CO1. The van der Waals surface area contributed by atoms with Crippen LogP contribution in [0.3, 0.4) is 0 Å². The van der Waals surface area contributed by atoms with Gasteiger partial charge >= 0.3 is 0 Å². The highest BCUT2D eigenvalue weighted by Gasteiger charge is 2.33. The van der Waals surface area contributed by atoms with Crippen LogP contribution < -0.4 is 5.73 Å².